The highest BCUT2D eigenvalue weighted by atomic mass is 31.3. The van der Waals surface area contributed by atoms with Crippen LogP contribution in [0.5, 0.6) is 0 Å². The predicted molar refractivity (Wildman–Crippen MR) is 188 cm³/mol. The maximum atomic E-state index is 14.3. The zero-order valence-electron chi connectivity index (χ0n) is 30.9. The summed E-state index contributed by atoms with van der Waals surface area (Å²) in [6.45, 7) is 29.0. The Bertz CT molecular complexity index is 1260. The summed E-state index contributed by atoms with van der Waals surface area (Å²) < 4.78 is 78.0. The van der Waals surface area contributed by atoms with E-state index in [9.17, 15) is 37.3 Å². The Kier molecular flexibility index (Phi) is 25.4. The van der Waals surface area contributed by atoms with Gasteiger partial charge in [0.05, 0.1) is 6.61 Å². The minimum atomic E-state index is -5.83. The smallest absolute Gasteiger partial charge is 0.384 e. The Hall–Kier alpha value is -1.25. The maximum absolute atomic E-state index is 14.3. The van der Waals surface area contributed by atoms with E-state index in [-0.39, 0.29) is 10.4 Å². The van der Waals surface area contributed by atoms with Gasteiger partial charge in [-0.2, -0.15) is 22.4 Å². The van der Waals surface area contributed by atoms with Crippen LogP contribution in [0.3, 0.4) is 0 Å². The molecule has 0 radical (unpaired) electrons. The molecule has 19 nitrogen and oxygen atoms in total. The quantitative estimate of drug-likeness (QED) is 0.124. The molecule has 0 saturated carbocycles. The number of halogens is 2. The number of rotatable bonds is 17. The van der Waals surface area contributed by atoms with Crippen molar-refractivity contribution < 1.29 is 65.0 Å². The molecule has 1 aromatic heterocycles. The topological polar surface area (TPSA) is 260 Å². The van der Waals surface area contributed by atoms with Gasteiger partial charge in [-0.15, -0.1) is 0 Å². The number of aliphatic hydroxyl groups is 1. The molecule has 0 amide bonds. The van der Waals surface area contributed by atoms with Crippen LogP contribution in [0.4, 0.5) is 14.6 Å². The molecule has 0 bridgehead atoms. The number of phosphoric acid groups is 3. The summed E-state index contributed by atoms with van der Waals surface area (Å²) in [7, 11) is -17.1. The first kappa shape index (κ1) is 51.9. The second kappa shape index (κ2) is 24.9. The van der Waals surface area contributed by atoms with Crippen molar-refractivity contribution in [2.45, 2.75) is 86.7 Å². The van der Waals surface area contributed by atoms with Gasteiger partial charge in [-0.05, 0) is 65.0 Å². The van der Waals surface area contributed by atoms with E-state index in [4.69, 9.17) is 25.2 Å². The van der Waals surface area contributed by atoms with Crippen molar-refractivity contribution in [3.8, 4) is 0 Å². The zero-order valence-corrected chi connectivity index (χ0v) is 33.6. The van der Waals surface area contributed by atoms with Crippen LogP contribution in [0.25, 0.3) is 0 Å². The van der Waals surface area contributed by atoms with Gasteiger partial charge in [0, 0.05) is 6.20 Å². The van der Waals surface area contributed by atoms with Crippen molar-refractivity contribution >= 4 is 29.3 Å². The monoisotopic (exact) mass is 806 g/mol. The van der Waals surface area contributed by atoms with Crippen molar-refractivity contribution in [1.29, 1.82) is 0 Å². The average molecular weight is 807 g/mol. The lowest BCUT2D eigenvalue weighted by Crippen LogP contribution is -2.41. The van der Waals surface area contributed by atoms with Crippen LogP contribution in [0, 0.1) is 0 Å². The number of phosphoric ester groups is 1. The molecule has 2 rings (SSSR count). The maximum Gasteiger partial charge on any atom is 0.490 e. The predicted octanol–water partition coefficient (Wildman–Crippen LogP) is 3.11. The third-order valence-electron chi connectivity index (χ3n) is 7.33. The van der Waals surface area contributed by atoms with E-state index in [0.717, 1.165) is 12.3 Å². The van der Waals surface area contributed by atoms with Gasteiger partial charge >= 0.3 is 35.1 Å². The van der Waals surface area contributed by atoms with Gasteiger partial charge in [0.2, 0.25) is 6.23 Å². The molecule has 1 aliphatic heterocycles. The average Bonchev–Trinajstić information content (AvgIpc) is 3.25. The third kappa shape index (κ3) is 20.7. The molecular formula is C27H59F2N6O13P3. The molecule has 5 atom stereocenters. The van der Waals surface area contributed by atoms with Gasteiger partial charge in [0.15, 0.2) is 6.10 Å². The van der Waals surface area contributed by atoms with Gasteiger partial charge < -0.3 is 49.9 Å². The van der Waals surface area contributed by atoms with Crippen LogP contribution >= 0.6 is 23.5 Å². The van der Waals surface area contributed by atoms with E-state index in [0.29, 0.717) is 0 Å². The molecule has 51 heavy (non-hydrogen) atoms. The standard InChI is InChI=1S/C9H14F2N3O13P3.3C6H15N/c10-9(11)6(15)4(25-7(9)14-2-1-5(12)13-8(14)16)3-24-29(20,21)27-30(22,23)26-28(17,18)19;3*1-4-7(5-2)6-3/h1-2,4,6-7,15H,3H2,(H,20,21)(H,22,23)(H2,12,13,16)(H2,17,18,19);3*4-6H2,1-3H3/t4-,6-,7-;;;/m1.../s1. The molecule has 7 N–H and O–H groups in total. The number of hydrogen-bond donors (Lipinski definition) is 6. The molecule has 0 aliphatic carbocycles. The summed E-state index contributed by atoms with van der Waals surface area (Å²) >= 11 is 0. The number of nitrogens with zero attached hydrogens (tertiary/aromatic N) is 5. The van der Waals surface area contributed by atoms with E-state index in [2.05, 4.69) is 95.1 Å². The van der Waals surface area contributed by atoms with Crippen LogP contribution in [0.15, 0.2) is 17.1 Å². The fourth-order valence-electron chi connectivity index (χ4n) is 4.19. The van der Waals surface area contributed by atoms with E-state index in [1.54, 1.807) is 0 Å². The molecule has 1 aromatic rings. The minimum absolute atomic E-state index is 0.282. The van der Waals surface area contributed by atoms with Crippen LogP contribution in [-0.2, 0) is 31.6 Å². The Labute approximate surface area is 299 Å². The van der Waals surface area contributed by atoms with Crippen molar-refractivity contribution in [2.24, 2.45) is 0 Å². The number of aromatic nitrogens is 2. The van der Waals surface area contributed by atoms with E-state index >= 15 is 0 Å². The molecule has 1 aliphatic rings. The van der Waals surface area contributed by atoms with Crippen molar-refractivity contribution in [3.05, 3.63) is 22.7 Å². The lowest BCUT2D eigenvalue weighted by molar-refractivity contribution is -0.140. The molecule has 0 spiro atoms. The first-order chi connectivity index (χ1) is 23.5. The number of alkyl halides is 2. The van der Waals surface area contributed by atoms with Crippen LogP contribution in [0.1, 0.15) is 68.5 Å². The van der Waals surface area contributed by atoms with Gasteiger partial charge in [-0.3, -0.25) is 9.09 Å². The molecule has 1 fully saturated rings. The summed E-state index contributed by atoms with van der Waals surface area (Å²) in [5.74, 6) is -4.42. The number of hydrogen-bond acceptors (Lipinski definition) is 14. The van der Waals surface area contributed by atoms with Crippen molar-refractivity contribution in [3.63, 3.8) is 0 Å². The van der Waals surface area contributed by atoms with Crippen LogP contribution in [-0.4, -0.2) is 133 Å². The van der Waals surface area contributed by atoms with Gasteiger partial charge in [-0.1, -0.05) is 62.3 Å². The van der Waals surface area contributed by atoms with E-state index in [1.165, 1.54) is 58.9 Å². The third-order valence-corrected chi connectivity index (χ3v) is 11.1. The molecule has 1 saturated heterocycles. The van der Waals surface area contributed by atoms with Gasteiger partial charge in [0.25, 0.3) is 0 Å². The van der Waals surface area contributed by atoms with E-state index < -0.39 is 60.1 Å². The summed E-state index contributed by atoms with van der Waals surface area (Å²) in [5.41, 5.74) is 3.97. The highest BCUT2D eigenvalue weighted by molar-refractivity contribution is 7.66. The largest absolute Gasteiger partial charge is 0.490 e. The van der Waals surface area contributed by atoms with Gasteiger partial charge in [0.1, 0.15) is 11.9 Å². The van der Waals surface area contributed by atoms with Crippen LogP contribution < -0.4 is 11.4 Å². The number of ether oxygens (including phenoxy) is 1. The first-order valence-corrected chi connectivity index (χ1v) is 21.0. The lowest BCUT2D eigenvalue weighted by atomic mass is 10.1. The highest BCUT2D eigenvalue weighted by Gasteiger charge is 2.60. The SMILES string of the molecule is CCN(CC)CC.CCN(CC)CC.CCN(CC)CC.Nc1ccn([C@@H]2O[C@H](COP(=O)(O)OP(=O)(O)OP(=O)(O)O)[C@@H](O)C2(F)F)c(=O)n1. The number of nitrogen functional groups attached to an aromatic ring is 1. The molecule has 304 valence electrons. The van der Waals surface area contributed by atoms with Gasteiger partial charge in [-0.25, -0.2) is 18.5 Å². The molecule has 2 heterocycles. The molecular weight excluding hydrogens is 747 g/mol. The van der Waals surface area contributed by atoms with Crippen LogP contribution in [0.2, 0.25) is 0 Å². The summed E-state index contributed by atoms with van der Waals surface area (Å²) in [6.07, 6.45) is -6.40. The van der Waals surface area contributed by atoms with Crippen molar-refractivity contribution in [1.82, 2.24) is 24.3 Å². The second-order valence-corrected chi connectivity index (χ2v) is 14.9. The summed E-state index contributed by atoms with van der Waals surface area (Å²) in [6, 6.07) is 0.979. The summed E-state index contributed by atoms with van der Waals surface area (Å²) in [4.78, 5) is 57.2. The highest BCUT2D eigenvalue weighted by Crippen LogP contribution is 2.66. The Morgan fingerprint density at radius 1 is 0.804 bits per heavy atom. The van der Waals surface area contributed by atoms with E-state index in [1.807, 2.05) is 0 Å². The molecule has 2 unspecified atom stereocenters. The molecule has 24 heteroatoms. The normalized spacial score (nSPS) is 20.7. The Morgan fingerprint density at radius 3 is 1.51 bits per heavy atom. The second-order valence-electron chi connectivity index (χ2n) is 10.4. The molecule has 0 aromatic carbocycles. The first-order valence-electron chi connectivity index (χ1n) is 16.5. The fraction of sp³-hybridized carbons (Fsp3) is 0.852. The van der Waals surface area contributed by atoms with Crippen molar-refractivity contribution in [2.75, 3.05) is 71.2 Å². The minimum Gasteiger partial charge on any atom is -0.384 e. The number of anilines is 1. The number of nitrogens with two attached hydrogens (primary N) is 1. The summed E-state index contributed by atoms with van der Waals surface area (Å²) in [5, 5.41) is 9.72. The number of aliphatic hydroxyl groups excluding tert-OH is 1. The Morgan fingerprint density at radius 2 is 1.20 bits per heavy atom. The fourth-order valence-corrected chi connectivity index (χ4v) is 7.22. The zero-order chi connectivity index (χ0) is 40.2. The Balaban J connectivity index is 0. The lowest BCUT2D eigenvalue weighted by Gasteiger charge is -2.20.